The van der Waals surface area contributed by atoms with Crippen LogP contribution in [0.5, 0.6) is 0 Å². The molecule has 2 aromatic rings. The molecule has 0 radical (unpaired) electrons. The van der Waals surface area contributed by atoms with Gasteiger partial charge in [0, 0.05) is 24.5 Å². The van der Waals surface area contributed by atoms with Crippen LogP contribution < -0.4 is 10.6 Å². The van der Waals surface area contributed by atoms with Crippen LogP contribution in [-0.2, 0) is 13.0 Å². The Morgan fingerprint density at radius 3 is 2.56 bits per heavy atom. The summed E-state index contributed by atoms with van der Waals surface area (Å²) >= 11 is 0. The predicted molar refractivity (Wildman–Crippen MR) is 76.1 cm³/mol. The molecule has 2 N–H and O–H groups in total. The van der Waals surface area contributed by atoms with Gasteiger partial charge in [0.2, 0.25) is 0 Å². The molecule has 1 aliphatic rings. The second-order valence-corrected chi connectivity index (χ2v) is 4.75. The first-order valence-corrected chi connectivity index (χ1v) is 6.53. The van der Waals surface area contributed by atoms with Crippen LogP contribution in [0.4, 0.5) is 11.4 Å². The largest absolute Gasteiger partial charge is 0.341 e. The van der Waals surface area contributed by atoms with Gasteiger partial charge in [0.15, 0.2) is 0 Å². The molecule has 0 aromatic heterocycles. The third-order valence-corrected chi connectivity index (χ3v) is 3.59. The average Bonchev–Trinajstić information content (AvgIpc) is 2.47. The lowest BCUT2D eigenvalue weighted by Gasteiger charge is -2.31. The number of nitrogens with zero attached hydrogens (tertiary/aromatic N) is 1. The van der Waals surface area contributed by atoms with Crippen molar-refractivity contribution >= 4 is 11.4 Å². The quantitative estimate of drug-likeness (QED) is 0.870. The highest BCUT2D eigenvalue weighted by Gasteiger charge is 2.17. The van der Waals surface area contributed by atoms with Gasteiger partial charge >= 0.3 is 0 Å². The van der Waals surface area contributed by atoms with Gasteiger partial charge in [-0.2, -0.15) is 0 Å². The van der Waals surface area contributed by atoms with Gasteiger partial charge in [-0.15, -0.1) is 0 Å². The summed E-state index contributed by atoms with van der Waals surface area (Å²) in [4.78, 5) is 2.40. The lowest BCUT2D eigenvalue weighted by Crippen LogP contribution is -2.24. The van der Waals surface area contributed by atoms with Crippen molar-refractivity contribution in [2.24, 2.45) is 5.73 Å². The Bertz CT molecular complexity index is 531. The SMILES string of the molecule is NCc1ccc(N2CCCc3ccccc32)cc1. The van der Waals surface area contributed by atoms with Crippen LogP contribution in [0.3, 0.4) is 0 Å². The first kappa shape index (κ1) is 11.3. The fraction of sp³-hybridized carbons (Fsp3) is 0.250. The molecule has 0 unspecified atom stereocenters. The Hall–Kier alpha value is -1.80. The van der Waals surface area contributed by atoms with E-state index in [0.717, 1.165) is 6.54 Å². The molecule has 0 atom stereocenters. The highest BCUT2D eigenvalue weighted by molar-refractivity contribution is 5.67. The van der Waals surface area contributed by atoms with E-state index in [-0.39, 0.29) is 0 Å². The molecular formula is C16H18N2. The Morgan fingerprint density at radius 1 is 1.00 bits per heavy atom. The van der Waals surface area contributed by atoms with E-state index < -0.39 is 0 Å². The second kappa shape index (κ2) is 4.83. The maximum absolute atomic E-state index is 5.64. The van der Waals surface area contributed by atoms with Gasteiger partial charge in [-0.25, -0.2) is 0 Å². The number of hydrogen-bond donors (Lipinski definition) is 1. The average molecular weight is 238 g/mol. The van der Waals surface area contributed by atoms with Crippen molar-refractivity contribution in [1.82, 2.24) is 0 Å². The van der Waals surface area contributed by atoms with Crippen LogP contribution in [0.2, 0.25) is 0 Å². The maximum atomic E-state index is 5.64. The topological polar surface area (TPSA) is 29.3 Å². The molecule has 3 rings (SSSR count). The highest BCUT2D eigenvalue weighted by atomic mass is 15.1. The van der Waals surface area contributed by atoms with Crippen LogP contribution >= 0.6 is 0 Å². The van der Waals surface area contributed by atoms with E-state index in [0.29, 0.717) is 6.54 Å². The second-order valence-electron chi connectivity index (χ2n) is 4.75. The van der Waals surface area contributed by atoms with Gasteiger partial charge in [-0.3, -0.25) is 0 Å². The number of para-hydroxylation sites is 1. The minimum atomic E-state index is 0.608. The normalized spacial score (nSPS) is 14.4. The summed E-state index contributed by atoms with van der Waals surface area (Å²) in [7, 11) is 0. The summed E-state index contributed by atoms with van der Waals surface area (Å²) in [6, 6.07) is 17.3. The highest BCUT2D eigenvalue weighted by Crippen LogP contribution is 2.33. The number of benzene rings is 2. The van der Waals surface area contributed by atoms with Gasteiger partial charge in [-0.05, 0) is 42.2 Å². The molecular weight excluding hydrogens is 220 g/mol. The lowest BCUT2D eigenvalue weighted by molar-refractivity contribution is 0.766. The summed E-state index contributed by atoms with van der Waals surface area (Å²) in [6.45, 7) is 1.70. The molecule has 0 aliphatic carbocycles. The number of anilines is 2. The summed E-state index contributed by atoms with van der Waals surface area (Å²) in [5, 5.41) is 0. The molecule has 0 saturated carbocycles. The molecule has 0 fully saturated rings. The number of hydrogen-bond acceptors (Lipinski definition) is 2. The van der Waals surface area contributed by atoms with Crippen LogP contribution in [0, 0.1) is 0 Å². The van der Waals surface area contributed by atoms with Gasteiger partial charge < -0.3 is 10.6 Å². The number of rotatable bonds is 2. The Balaban J connectivity index is 1.97. The van der Waals surface area contributed by atoms with Gasteiger partial charge in [0.05, 0.1) is 0 Å². The fourth-order valence-corrected chi connectivity index (χ4v) is 2.61. The Morgan fingerprint density at radius 2 is 1.78 bits per heavy atom. The maximum Gasteiger partial charge on any atom is 0.0443 e. The van der Waals surface area contributed by atoms with Crippen molar-refractivity contribution in [3.63, 3.8) is 0 Å². The summed E-state index contributed by atoms with van der Waals surface area (Å²) < 4.78 is 0. The zero-order valence-electron chi connectivity index (χ0n) is 10.5. The third kappa shape index (κ3) is 2.00. The number of nitrogens with two attached hydrogens (primary N) is 1. The van der Waals surface area contributed by atoms with Gasteiger partial charge in [0.25, 0.3) is 0 Å². The van der Waals surface area contributed by atoms with E-state index in [1.54, 1.807) is 0 Å². The number of fused-ring (bicyclic) bond motifs is 1. The standard InChI is InChI=1S/C16H18N2/c17-12-13-7-9-15(10-8-13)18-11-3-5-14-4-1-2-6-16(14)18/h1-2,4,6-10H,3,5,11-12,17H2. The first-order valence-electron chi connectivity index (χ1n) is 6.53. The summed E-state index contributed by atoms with van der Waals surface area (Å²) in [5.41, 5.74) is 10.9. The van der Waals surface area contributed by atoms with E-state index in [1.807, 2.05) is 0 Å². The van der Waals surface area contributed by atoms with E-state index in [4.69, 9.17) is 5.73 Å². The van der Waals surface area contributed by atoms with E-state index >= 15 is 0 Å². The molecule has 1 aliphatic heterocycles. The van der Waals surface area contributed by atoms with Crippen LogP contribution in [0.1, 0.15) is 17.5 Å². The molecule has 92 valence electrons. The van der Waals surface area contributed by atoms with Crippen molar-refractivity contribution in [3.8, 4) is 0 Å². The molecule has 0 saturated heterocycles. The molecule has 1 heterocycles. The van der Waals surface area contributed by atoms with Gasteiger partial charge in [-0.1, -0.05) is 30.3 Å². The molecule has 2 heteroatoms. The molecule has 0 spiro atoms. The van der Waals surface area contributed by atoms with Crippen LogP contribution in [-0.4, -0.2) is 6.54 Å². The zero-order valence-corrected chi connectivity index (χ0v) is 10.5. The summed E-state index contributed by atoms with van der Waals surface area (Å²) in [5.74, 6) is 0. The minimum absolute atomic E-state index is 0.608. The fourth-order valence-electron chi connectivity index (χ4n) is 2.61. The predicted octanol–water partition coefficient (Wildman–Crippen LogP) is 3.23. The van der Waals surface area contributed by atoms with Crippen molar-refractivity contribution < 1.29 is 0 Å². The molecule has 2 nitrogen and oxygen atoms in total. The molecule has 0 amide bonds. The lowest BCUT2D eigenvalue weighted by atomic mass is 10.0. The minimum Gasteiger partial charge on any atom is -0.341 e. The van der Waals surface area contributed by atoms with Crippen molar-refractivity contribution in [2.75, 3.05) is 11.4 Å². The third-order valence-electron chi connectivity index (χ3n) is 3.59. The Kier molecular flexibility index (Phi) is 3.03. The van der Waals surface area contributed by atoms with Crippen molar-refractivity contribution in [2.45, 2.75) is 19.4 Å². The first-order chi connectivity index (χ1) is 8.88. The van der Waals surface area contributed by atoms with Crippen molar-refractivity contribution in [3.05, 3.63) is 59.7 Å². The van der Waals surface area contributed by atoms with E-state index in [2.05, 4.69) is 53.4 Å². The smallest absolute Gasteiger partial charge is 0.0443 e. The monoisotopic (exact) mass is 238 g/mol. The van der Waals surface area contributed by atoms with Crippen LogP contribution in [0.25, 0.3) is 0 Å². The zero-order chi connectivity index (χ0) is 12.4. The molecule has 18 heavy (non-hydrogen) atoms. The molecule has 0 bridgehead atoms. The van der Waals surface area contributed by atoms with Gasteiger partial charge in [0.1, 0.15) is 0 Å². The Labute approximate surface area is 108 Å². The van der Waals surface area contributed by atoms with Crippen molar-refractivity contribution in [1.29, 1.82) is 0 Å². The number of aryl methyl sites for hydroxylation is 1. The van der Waals surface area contributed by atoms with E-state index in [1.165, 1.54) is 35.3 Å². The molecule has 2 aromatic carbocycles. The summed E-state index contributed by atoms with van der Waals surface area (Å²) in [6.07, 6.45) is 2.41. The van der Waals surface area contributed by atoms with Crippen LogP contribution in [0.15, 0.2) is 48.5 Å². The van der Waals surface area contributed by atoms with E-state index in [9.17, 15) is 0 Å².